The highest BCUT2D eigenvalue weighted by molar-refractivity contribution is 8.01. The number of aryl methyl sites for hydroxylation is 3. The number of β-lactam (4-membered cyclic amide) rings is 1. The van der Waals surface area contributed by atoms with Crippen molar-refractivity contribution in [3.63, 3.8) is 0 Å². The molecule has 2 aromatic rings. The lowest BCUT2D eigenvalue weighted by Crippen LogP contribution is -2.70. The van der Waals surface area contributed by atoms with Gasteiger partial charge >= 0.3 is 5.97 Å². The highest BCUT2D eigenvalue weighted by Gasteiger charge is 2.54. The first-order valence-electron chi connectivity index (χ1n) is 9.47. The lowest BCUT2D eigenvalue weighted by atomic mass is 10.0. The van der Waals surface area contributed by atoms with Gasteiger partial charge in [-0.2, -0.15) is 0 Å². The van der Waals surface area contributed by atoms with Gasteiger partial charge in [-0.3, -0.25) is 14.5 Å². The van der Waals surface area contributed by atoms with Crippen LogP contribution >= 0.6 is 34.9 Å². The zero-order valence-electron chi connectivity index (χ0n) is 17.0. The largest absolute Gasteiger partial charge is 0.477 e. The van der Waals surface area contributed by atoms with Gasteiger partial charge in [0.1, 0.15) is 22.1 Å². The molecule has 0 bridgehead atoms. The summed E-state index contributed by atoms with van der Waals surface area (Å²) in [5.41, 5.74) is 2.97. The van der Waals surface area contributed by atoms with Crippen molar-refractivity contribution in [2.45, 2.75) is 36.5 Å². The molecule has 2 atom stereocenters. The van der Waals surface area contributed by atoms with Gasteiger partial charge in [-0.05, 0) is 38.0 Å². The van der Waals surface area contributed by atoms with E-state index < -0.39 is 23.3 Å². The molecule has 11 heteroatoms. The minimum atomic E-state index is -1.14. The van der Waals surface area contributed by atoms with Crippen molar-refractivity contribution in [1.29, 1.82) is 0 Å². The second-order valence-electron chi connectivity index (χ2n) is 7.31. The normalized spacial score (nSPS) is 20.4. The van der Waals surface area contributed by atoms with Crippen LogP contribution in [0.4, 0.5) is 0 Å². The number of benzene rings is 1. The molecule has 8 nitrogen and oxygen atoms in total. The number of carbonyl (C=O) groups excluding carboxylic acids is 2. The van der Waals surface area contributed by atoms with Crippen molar-refractivity contribution in [2.24, 2.45) is 0 Å². The summed E-state index contributed by atoms with van der Waals surface area (Å²) in [6.07, 6.45) is 0. The van der Waals surface area contributed by atoms with Crippen molar-refractivity contribution in [2.75, 3.05) is 11.5 Å². The fraction of sp³-hybridized carbons (Fsp3) is 0.350. The van der Waals surface area contributed by atoms with Crippen LogP contribution in [-0.2, 0) is 9.59 Å². The molecule has 0 spiro atoms. The summed E-state index contributed by atoms with van der Waals surface area (Å²) in [6, 6.07) is 4.83. The van der Waals surface area contributed by atoms with Crippen LogP contribution in [-0.4, -0.2) is 60.9 Å². The minimum Gasteiger partial charge on any atom is -0.477 e. The van der Waals surface area contributed by atoms with Crippen LogP contribution in [0, 0.1) is 20.8 Å². The van der Waals surface area contributed by atoms with Crippen molar-refractivity contribution in [3.05, 3.63) is 51.2 Å². The van der Waals surface area contributed by atoms with E-state index in [9.17, 15) is 19.5 Å². The van der Waals surface area contributed by atoms with Crippen molar-refractivity contribution in [1.82, 2.24) is 20.4 Å². The lowest BCUT2D eigenvalue weighted by Gasteiger charge is -2.49. The second-order valence-corrected chi connectivity index (χ2v) is 10.8. The summed E-state index contributed by atoms with van der Waals surface area (Å²) in [6.45, 7) is 5.60. The van der Waals surface area contributed by atoms with E-state index >= 15 is 0 Å². The molecule has 1 saturated heterocycles. The van der Waals surface area contributed by atoms with E-state index in [1.54, 1.807) is 6.07 Å². The molecule has 162 valence electrons. The third-order valence-electron chi connectivity index (χ3n) is 5.05. The quantitative estimate of drug-likeness (QED) is 0.483. The smallest absolute Gasteiger partial charge is 0.352 e. The summed E-state index contributed by atoms with van der Waals surface area (Å²) >= 11 is 4.32. The monoisotopic (exact) mass is 476 g/mol. The van der Waals surface area contributed by atoms with Crippen LogP contribution in [0.1, 0.15) is 26.5 Å². The third-order valence-corrected chi connectivity index (χ3v) is 8.45. The zero-order valence-corrected chi connectivity index (χ0v) is 19.5. The molecule has 1 aromatic heterocycles. The summed E-state index contributed by atoms with van der Waals surface area (Å²) in [4.78, 5) is 38.8. The predicted octanol–water partition coefficient (Wildman–Crippen LogP) is 2.61. The van der Waals surface area contributed by atoms with E-state index in [1.807, 2.05) is 32.9 Å². The van der Waals surface area contributed by atoms with Crippen LogP contribution in [0.25, 0.3) is 0 Å². The number of hydrogen-bond acceptors (Lipinski definition) is 8. The van der Waals surface area contributed by atoms with Gasteiger partial charge in [0.05, 0.1) is 0 Å². The first-order chi connectivity index (χ1) is 14.8. The van der Waals surface area contributed by atoms with Crippen molar-refractivity contribution >= 4 is 52.6 Å². The zero-order chi connectivity index (χ0) is 22.3. The fourth-order valence-electron chi connectivity index (χ4n) is 3.48. The SMILES string of the molecule is Cc1ccc(C)c(C(=O)N[C@H]2C(=O)N3C(C(=O)O)=C(CSc4nnc(C)s4)CS[C@H]23)c1. The molecule has 2 amide bonds. The van der Waals surface area contributed by atoms with Crippen molar-refractivity contribution in [3.8, 4) is 0 Å². The van der Waals surface area contributed by atoms with Gasteiger partial charge < -0.3 is 10.4 Å². The Kier molecular flexibility index (Phi) is 6.09. The molecule has 0 saturated carbocycles. The maximum atomic E-state index is 12.8. The minimum absolute atomic E-state index is 0.0136. The molecule has 2 aliphatic rings. The standard InChI is InChI=1S/C20H20N4O4S3/c1-9-4-5-10(2)13(6-9)16(25)21-14-17(26)24-15(19(27)28)12(7-29-18(14)24)8-30-20-23-22-11(3)31-20/h4-6,14,18H,7-8H2,1-3H3,(H,21,25)(H,27,28)/t14-,18+/m0/s1. The molecule has 0 radical (unpaired) electrons. The number of carboxylic acids is 1. The summed E-state index contributed by atoms with van der Waals surface area (Å²) in [5.74, 6) is -0.978. The molecule has 31 heavy (non-hydrogen) atoms. The molecule has 4 rings (SSSR count). The maximum Gasteiger partial charge on any atom is 0.352 e. The topological polar surface area (TPSA) is 112 Å². The lowest BCUT2D eigenvalue weighted by molar-refractivity contribution is -0.148. The Balaban J connectivity index is 1.50. The number of hydrogen-bond donors (Lipinski definition) is 2. The van der Waals surface area contributed by atoms with Crippen LogP contribution in [0.15, 0.2) is 33.8 Å². The number of amides is 2. The number of aromatic nitrogens is 2. The van der Waals surface area contributed by atoms with E-state index in [4.69, 9.17) is 0 Å². The molecule has 2 aliphatic heterocycles. The van der Waals surface area contributed by atoms with Crippen LogP contribution in [0.3, 0.4) is 0 Å². The third kappa shape index (κ3) is 4.21. The molecule has 3 heterocycles. The predicted molar refractivity (Wildman–Crippen MR) is 120 cm³/mol. The van der Waals surface area contributed by atoms with Crippen LogP contribution < -0.4 is 5.32 Å². The average molecular weight is 477 g/mol. The van der Waals surface area contributed by atoms with Gasteiger partial charge in [-0.15, -0.1) is 22.0 Å². The van der Waals surface area contributed by atoms with E-state index in [0.717, 1.165) is 20.5 Å². The van der Waals surface area contributed by atoms with Crippen molar-refractivity contribution < 1.29 is 19.5 Å². The number of fused-ring (bicyclic) bond motifs is 1. The summed E-state index contributed by atoms with van der Waals surface area (Å²) < 4.78 is 0.760. The van der Waals surface area contributed by atoms with Gasteiger partial charge in [0.25, 0.3) is 11.8 Å². The molecular formula is C20H20N4O4S3. The van der Waals surface area contributed by atoms with E-state index in [1.165, 1.54) is 39.8 Å². The highest BCUT2D eigenvalue weighted by Crippen LogP contribution is 2.41. The first-order valence-corrected chi connectivity index (χ1v) is 12.3. The molecule has 1 aromatic carbocycles. The Morgan fingerprint density at radius 2 is 2.06 bits per heavy atom. The van der Waals surface area contributed by atoms with Crippen LogP contribution in [0.5, 0.6) is 0 Å². The number of rotatable bonds is 6. The van der Waals surface area contributed by atoms with E-state index in [0.29, 0.717) is 22.6 Å². The first kappa shape index (κ1) is 21.8. The maximum absolute atomic E-state index is 12.8. The van der Waals surface area contributed by atoms with Crippen LogP contribution in [0.2, 0.25) is 0 Å². The Morgan fingerprint density at radius 1 is 1.29 bits per heavy atom. The van der Waals surface area contributed by atoms with Gasteiger partial charge in [-0.25, -0.2) is 4.79 Å². The second kappa shape index (κ2) is 8.64. The van der Waals surface area contributed by atoms with Gasteiger partial charge in [0.2, 0.25) is 0 Å². The summed E-state index contributed by atoms with van der Waals surface area (Å²) in [7, 11) is 0. The number of nitrogens with zero attached hydrogens (tertiary/aromatic N) is 3. The number of aliphatic carboxylic acids is 1. The van der Waals surface area contributed by atoms with Gasteiger partial charge in [0.15, 0.2) is 4.34 Å². The van der Waals surface area contributed by atoms with E-state index in [-0.39, 0.29) is 11.6 Å². The number of nitrogens with one attached hydrogen (secondary N) is 1. The molecule has 1 fully saturated rings. The Hall–Kier alpha value is -2.37. The number of carbonyl (C=O) groups is 3. The Bertz CT molecular complexity index is 1110. The highest BCUT2D eigenvalue weighted by atomic mass is 32.2. The average Bonchev–Trinajstić information content (AvgIpc) is 3.16. The molecule has 0 aliphatic carbocycles. The van der Waals surface area contributed by atoms with Gasteiger partial charge in [-0.1, -0.05) is 40.8 Å². The molecule has 2 N–H and O–H groups in total. The number of thioether (sulfide) groups is 2. The van der Waals surface area contributed by atoms with Gasteiger partial charge in [0, 0.05) is 17.1 Å². The fourth-order valence-corrected chi connectivity index (χ4v) is 6.78. The summed E-state index contributed by atoms with van der Waals surface area (Å²) in [5, 5.41) is 21.0. The van der Waals surface area contributed by atoms with E-state index in [2.05, 4.69) is 15.5 Å². The molecular weight excluding hydrogens is 456 g/mol. The Labute approximate surface area is 191 Å². The number of carboxylic acid groups (broad SMARTS) is 1. The molecule has 0 unspecified atom stereocenters. The Morgan fingerprint density at radius 3 is 2.74 bits per heavy atom.